The minimum absolute atomic E-state index is 0.127. The third-order valence-electron chi connectivity index (χ3n) is 4.96. The first-order chi connectivity index (χ1) is 15.0. The van der Waals surface area contributed by atoms with Gasteiger partial charge in [0.1, 0.15) is 22.7 Å². The third-order valence-corrected chi connectivity index (χ3v) is 6.95. The van der Waals surface area contributed by atoms with Crippen LogP contribution < -0.4 is 15.4 Å². The molecule has 0 aliphatic rings. The number of nitrogens with zero attached hydrogens (tertiary/aromatic N) is 3. The molecule has 3 heterocycles. The molecule has 1 amide bonds. The molecular formula is C22H23N5O2S2. The van der Waals surface area contributed by atoms with Crippen LogP contribution in [0.2, 0.25) is 0 Å². The number of thiophene rings is 1. The molecule has 9 heteroatoms. The Balaban J connectivity index is 1.56. The number of nitrogens with one attached hydrogen (secondary N) is 2. The van der Waals surface area contributed by atoms with Gasteiger partial charge >= 0.3 is 0 Å². The van der Waals surface area contributed by atoms with E-state index in [0.29, 0.717) is 17.2 Å². The van der Waals surface area contributed by atoms with Crippen molar-refractivity contribution in [2.24, 2.45) is 0 Å². The van der Waals surface area contributed by atoms with E-state index in [4.69, 9.17) is 4.74 Å². The number of fused-ring (bicyclic) bond motifs is 1. The summed E-state index contributed by atoms with van der Waals surface area (Å²) in [7, 11) is 1.65. The molecule has 0 aliphatic heterocycles. The molecule has 0 spiro atoms. The fourth-order valence-electron chi connectivity index (χ4n) is 3.31. The first-order valence-electron chi connectivity index (χ1n) is 9.80. The van der Waals surface area contributed by atoms with Crippen LogP contribution in [0.25, 0.3) is 10.2 Å². The number of carbonyl (C=O) groups is 1. The third kappa shape index (κ3) is 4.52. The fourth-order valence-corrected chi connectivity index (χ4v) is 5.06. The van der Waals surface area contributed by atoms with E-state index in [9.17, 15) is 4.79 Å². The van der Waals surface area contributed by atoms with Gasteiger partial charge in [0, 0.05) is 11.9 Å². The quantitative estimate of drug-likeness (QED) is 0.415. The molecule has 0 radical (unpaired) electrons. The maximum absolute atomic E-state index is 13.0. The Morgan fingerprint density at radius 2 is 2.10 bits per heavy atom. The Bertz CT molecular complexity index is 1230. The molecule has 0 bridgehead atoms. The van der Waals surface area contributed by atoms with E-state index < -0.39 is 0 Å². The number of anilines is 1. The number of aromatic nitrogens is 3. The standard InChI is InChI=1S/C22H23N5O2S2/c1-12-18-20(23-9-15-6-5-7-16(8-15)29-4)24-11-25-22(18)31-19(12)21(28)26-13(2)17-10-30-14(3)27-17/h5-8,10-11,13H,9H2,1-4H3,(H,26,28)(H,23,24,25)/t13-/m0/s1. The maximum Gasteiger partial charge on any atom is 0.262 e. The van der Waals surface area contributed by atoms with Crippen LogP contribution in [0.5, 0.6) is 5.75 Å². The van der Waals surface area contributed by atoms with E-state index in [0.717, 1.165) is 37.8 Å². The molecule has 4 rings (SSSR count). The van der Waals surface area contributed by atoms with Crippen LogP contribution in [0.3, 0.4) is 0 Å². The summed E-state index contributed by atoms with van der Waals surface area (Å²) in [5, 5.41) is 10.3. The van der Waals surface area contributed by atoms with Gasteiger partial charge in [0.2, 0.25) is 0 Å². The van der Waals surface area contributed by atoms with Gasteiger partial charge in [-0.2, -0.15) is 0 Å². The summed E-state index contributed by atoms with van der Waals surface area (Å²) in [6.45, 7) is 6.42. The van der Waals surface area contributed by atoms with Crippen molar-refractivity contribution in [3.63, 3.8) is 0 Å². The lowest BCUT2D eigenvalue weighted by Crippen LogP contribution is -2.26. The maximum atomic E-state index is 13.0. The summed E-state index contributed by atoms with van der Waals surface area (Å²) in [5.74, 6) is 1.39. The molecule has 0 saturated heterocycles. The molecule has 0 aliphatic carbocycles. The van der Waals surface area contributed by atoms with E-state index in [2.05, 4.69) is 25.6 Å². The number of amides is 1. The Morgan fingerprint density at radius 3 is 2.84 bits per heavy atom. The Kier molecular flexibility index (Phi) is 6.15. The van der Waals surface area contributed by atoms with Gasteiger partial charge in [-0.25, -0.2) is 15.0 Å². The van der Waals surface area contributed by atoms with Crippen molar-refractivity contribution in [2.75, 3.05) is 12.4 Å². The molecule has 0 unspecified atom stereocenters. The Hall–Kier alpha value is -3.04. The SMILES string of the molecule is COc1cccc(CNc2ncnc3sc(C(=O)N[C@@H](C)c4csc(C)n4)c(C)c23)c1. The number of rotatable bonds is 7. The summed E-state index contributed by atoms with van der Waals surface area (Å²) in [4.78, 5) is 27.7. The highest BCUT2D eigenvalue weighted by atomic mass is 32.1. The van der Waals surface area contributed by atoms with Crippen molar-refractivity contribution in [3.8, 4) is 5.75 Å². The number of thiazole rings is 1. The molecule has 0 fully saturated rings. The van der Waals surface area contributed by atoms with Gasteiger partial charge in [-0.05, 0) is 44.0 Å². The van der Waals surface area contributed by atoms with Crippen molar-refractivity contribution in [2.45, 2.75) is 33.4 Å². The van der Waals surface area contributed by atoms with Crippen molar-refractivity contribution < 1.29 is 9.53 Å². The highest BCUT2D eigenvalue weighted by Gasteiger charge is 2.21. The van der Waals surface area contributed by atoms with Crippen molar-refractivity contribution in [1.82, 2.24) is 20.3 Å². The first-order valence-corrected chi connectivity index (χ1v) is 11.5. The van der Waals surface area contributed by atoms with Crippen LogP contribution in [-0.4, -0.2) is 28.0 Å². The molecule has 0 saturated carbocycles. The van der Waals surface area contributed by atoms with Crippen LogP contribution in [0.15, 0.2) is 36.0 Å². The molecule has 2 N–H and O–H groups in total. The second-order valence-electron chi connectivity index (χ2n) is 7.15. The zero-order chi connectivity index (χ0) is 22.0. The minimum atomic E-state index is -0.168. The van der Waals surface area contributed by atoms with Crippen LogP contribution in [0, 0.1) is 13.8 Å². The molecule has 1 atom stereocenters. The van der Waals surface area contributed by atoms with Crippen molar-refractivity contribution in [1.29, 1.82) is 0 Å². The second kappa shape index (κ2) is 8.99. The summed E-state index contributed by atoms with van der Waals surface area (Å²) in [5.41, 5.74) is 2.81. The van der Waals surface area contributed by atoms with Crippen LogP contribution in [-0.2, 0) is 6.54 Å². The zero-order valence-corrected chi connectivity index (χ0v) is 19.4. The van der Waals surface area contributed by atoms with Gasteiger partial charge in [-0.15, -0.1) is 22.7 Å². The number of methoxy groups -OCH3 is 1. The van der Waals surface area contributed by atoms with Gasteiger partial charge in [-0.1, -0.05) is 12.1 Å². The normalized spacial score (nSPS) is 12.0. The Morgan fingerprint density at radius 1 is 1.26 bits per heavy atom. The highest BCUT2D eigenvalue weighted by Crippen LogP contribution is 2.34. The number of hydrogen-bond acceptors (Lipinski definition) is 8. The Labute approximate surface area is 188 Å². The van der Waals surface area contributed by atoms with E-state index in [-0.39, 0.29) is 11.9 Å². The van der Waals surface area contributed by atoms with Gasteiger partial charge in [0.05, 0.1) is 34.1 Å². The van der Waals surface area contributed by atoms with Gasteiger partial charge in [0.15, 0.2) is 0 Å². The molecule has 4 aromatic rings. The van der Waals surface area contributed by atoms with E-state index >= 15 is 0 Å². The lowest BCUT2D eigenvalue weighted by molar-refractivity contribution is 0.0943. The van der Waals surface area contributed by atoms with E-state index in [1.54, 1.807) is 18.4 Å². The monoisotopic (exact) mass is 453 g/mol. The molecular weight excluding hydrogens is 430 g/mol. The van der Waals surface area contributed by atoms with Crippen molar-refractivity contribution >= 4 is 44.6 Å². The number of ether oxygens (including phenoxy) is 1. The van der Waals surface area contributed by atoms with Crippen LogP contribution in [0.1, 0.15) is 44.5 Å². The molecule has 31 heavy (non-hydrogen) atoms. The molecule has 160 valence electrons. The van der Waals surface area contributed by atoms with E-state index in [1.165, 1.54) is 17.7 Å². The van der Waals surface area contributed by atoms with Crippen molar-refractivity contribution in [3.05, 3.63) is 62.7 Å². The van der Waals surface area contributed by atoms with Crippen LogP contribution in [0.4, 0.5) is 5.82 Å². The van der Waals surface area contributed by atoms with Gasteiger partial charge in [-0.3, -0.25) is 4.79 Å². The molecule has 7 nitrogen and oxygen atoms in total. The number of aryl methyl sites for hydroxylation is 2. The van der Waals surface area contributed by atoms with E-state index in [1.807, 2.05) is 50.4 Å². The smallest absolute Gasteiger partial charge is 0.262 e. The second-order valence-corrected chi connectivity index (χ2v) is 9.21. The fraction of sp³-hybridized carbons (Fsp3) is 0.273. The largest absolute Gasteiger partial charge is 0.497 e. The minimum Gasteiger partial charge on any atom is -0.497 e. The lowest BCUT2D eigenvalue weighted by atomic mass is 10.1. The zero-order valence-electron chi connectivity index (χ0n) is 17.7. The predicted octanol–water partition coefficient (Wildman–Crippen LogP) is 4.88. The summed E-state index contributed by atoms with van der Waals surface area (Å²) in [6, 6.07) is 7.70. The molecule has 1 aromatic carbocycles. The summed E-state index contributed by atoms with van der Waals surface area (Å²) >= 11 is 2.95. The molecule has 3 aromatic heterocycles. The average molecular weight is 454 g/mol. The van der Waals surface area contributed by atoms with Crippen LogP contribution >= 0.6 is 22.7 Å². The highest BCUT2D eigenvalue weighted by molar-refractivity contribution is 7.20. The number of benzene rings is 1. The lowest BCUT2D eigenvalue weighted by Gasteiger charge is -2.11. The van der Waals surface area contributed by atoms with Gasteiger partial charge < -0.3 is 15.4 Å². The number of carbonyl (C=O) groups excluding carboxylic acids is 1. The first kappa shape index (κ1) is 21.2. The summed E-state index contributed by atoms with van der Waals surface area (Å²) in [6.07, 6.45) is 1.52. The number of hydrogen-bond donors (Lipinski definition) is 2. The predicted molar refractivity (Wildman–Crippen MR) is 125 cm³/mol. The van der Waals surface area contributed by atoms with Gasteiger partial charge in [0.25, 0.3) is 5.91 Å². The topological polar surface area (TPSA) is 89.0 Å². The average Bonchev–Trinajstić information content (AvgIpc) is 3.36. The summed E-state index contributed by atoms with van der Waals surface area (Å²) < 4.78 is 5.29.